The first-order chi connectivity index (χ1) is 19.7. The third kappa shape index (κ3) is 2.70. The van der Waals surface area contributed by atoms with Gasteiger partial charge in [0.1, 0.15) is 5.65 Å². The summed E-state index contributed by atoms with van der Waals surface area (Å²) in [4.78, 5) is 10.3. The van der Waals surface area contributed by atoms with Crippen molar-refractivity contribution < 1.29 is 4.57 Å². The molecule has 0 saturated carbocycles. The highest BCUT2D eigenvalue weighted by Crippen LogP contribution is 2.50. The van der Waals surface area contributed by atoms with E-state index >= 15 is 4.57 Å². The van der Waals surface area contributed by atoms with Gasteiger partial charge in [-0.15, -0.1) is 0 Å². The van der Waals surface area contributed by atoms with E-state index in [9.17, 15) is 0 Å². The molecule has 0 amide bonds. The second-order valence-electron chi connectivity index (χ2n) is 10.2. The minimum absolute atomic E-state index is 0.799. The minimum atomic E-state index is -3.14. The lowest BCUT2D eigenvalue weighted by molar-refractivity contribution is 0.592. The summed E-state index contributed by atoms with van der Waals surface area (Å²) < 4.78 is 19.7. The monoisotopic (exact) mass is 532 g/mol. The summed E-state index contributed by atoms with van der Waals surface area (Å²) in [7, 11) is -3.14. The maximum Gasteiger partial charge on any atom is 0.175 e. The number of fused-ring (bicyclic) bond motifs is 7. The average Bonchev–Trinajstić information content (AvgIpc) is 3.60. The number of nitrogens with zero attached hydrogens (tertiary/aromatic N) is 4. The van der Waals surface area contributed by atoms with E-state index in [1.54, 1.807) is 0 Å². The Kier molecular flexibility index (Phi) is 4.26. The first-order valence-corrected chi connectivity index (χ1v) is 15.0. The van der Waals surface area contributed by atoms with Crippen molar-refractivity contribution in [3.63, 3.8) is 0 Å². The number of aromatic nitrogens is 4. The van der Waals surface area contributed by atoms with Crippen LogP contribution in [0.15, 0.2) is 127 Å². The fraction of sp³-hybridized carbons (Fsp3) is 0. The van der Waals surface area contributed by atoms with Gasteiger partial charge in [0.25, 0.3) is 0 Å². The van der Waals surface area contributed by atoms with Crippen molar-refractivity contribution in [2.24, 2.45) is 0 Å². The molecule has 4 heterocycles. The molecule has 0 spiro atoms. The normalized spacial score (nSPS) is 16.2. The third-order valence-corrected chi connectivity index (χ3v) is 11.2. The Hall–Kier alpha value is -4.99. The Bertz CT molecular complexity index is 2370. The second-order valence-corrected chi connectivity index (χ2v) is 12.9. The zero-order valence-electron chi connectivity index (χ0n) is 21.3. The summed E-state index contributed by atoms with van der Waals surface area (Å²) in [6, 6.07) is 42.7. The van der Waals surface area contributed by atoms with Crippen molar-refractivity contribution in [2.45, 2.75) is 0 Å². The standard InChI is InChI=1S/C34H21N4OP/c39-40(23-12-2-1-3-13-23)30-19-9-8-18-28(30)38-32-26(16-10-20-31(32)40)36-34(38)29-21-22-11-4-5-14-24(22)33-35-25-15-6-7-17-27(25)37(29)33/h1-21H. The predicted molar refractivity (Wildman–Crippen MR) is 163 cm³/mol. The number of para-hydroxylation sites is 4. The van der Waals surface area contributed by atoms with Gasteiger partial charge in [-0.1, -0.05) is 84.9 Å². The third-order valence-electron chi connectivity index (χ3n) is 8.10. The molecule has 40 heavy (non-hydrogen) atoms. The second kappa shape index (κ2) is 7.78. The first kappa shape index (κ1) is 21.9. The molecule has 1 atom stereocenters. The summed E-state index contributed by atoms with van der Waals surface area (Å²) >= 11 is 0. The molecule has 9 rings (SSSR count). The quantitative estimate of drug-likeness (QED) is 0.236. The Labute approximate surface area is 229 Å². The average molecular weight is 533 g/mol. The zero-order chi connectivity index (χ0) is 26.4. The zero-order valence-corrected chi connectivity index (χ0v) is 22.2. The molecule has 1 unspecified atom stereocenters. The van der Waals surface area contributed by atoms with E-state index in [4.69, 9.17) is 9.97 Å². The van der Waals surface area contributed by atoms with E-state index in [1.165, 1.54) is 0 Å². The molecule has 3 aromatic heterocycles. The molecule has 0 bridgehead atoms. The van der Waals surface area contributed by atoms with E-state index in [-0.39, 0.29) is 0 Å². The van der Waals surface area contributed by atoms with E-state index in [2.05, 4.69) is 57.5 Å². The van der Waals surface area contributed by atoms with Gasteiger partial charge in [0.2, 0.25) is 0 Å². The Balaban J connectivity index is 1.48. The lowest BCUT2D eigenvalue weighted by Crippen LogP contribution is -2.32. The largest absolute Gasteiger partial charge is 0.308 e. The highest BCUT2D eigenvalue weighted by Gasteiger charge is 2.40. The summed E-state index contributed by atoms with van der Waals surface area (Å²) in [6.07, 6.45) is 0. The van der Waals surface area contributed by atoms with Crippen LogP contribution in [0.4, 0.5) is 0 Å². The summed E-state index contributed by atoms with van der Waals surface area (Å²) in [5.41, 5.74) is 6.42. The van der Waals surface area contributed by atoms with Crippen LogP contribution in [0.25, 0.3) is 55.7 Å². The molecule has 8 aromatic rings. The van der Waals surface area contributed by atoms with Crippen LogP contribution >= 0.6 is 7.14 Å². The molecule has 0 aliphatic carbocycles. The van der Waals surface area contributed by atoms with E-state index < -0.39 is 7.14 Å². The summed E-state index contributed by atoms with van der Waals surface area (Å²) in [5.74, 6) is 0.799. The lowest BCUT2D eigenvalue weighted by Gasteiger charge is -2.29. The van der Waals surface area contributed by atoms with Gasteiger partial charge in [0.15, 0.2) is 13.0 Å². The summed E-state index contributed by atoms with van der Waals surface area (Å²) in [5, 5.41) is 4.66. The molecule has 1 aliphatic rings. The van der Waals surface area contributed by atoms with Crippen molar-refractivity contribution in [2.75, 3.05) is 0 Å². The van der Waals surface area contributed by atoms with Crippen LogP contribution in [0, 0.1) is 0 Å². The van der Waals surface area contributed by atoms with Crippen LogP contribution in [0.1, 0.15) is 0 Å². The van der Waals surface area contributed by atoms with Crippen LogP contribution < -0.4 is 15.9 Å². The fourth-order valence-corrected chi connectivity index (χ4v) is 9.40. The molecule has 0 radical (unpaired) electrons. The van der Waals surface area contributed by atoms with Gasteiger partial charge in [-0.2, -0.15) is 0 Å². The Morgan fingerprint density at radius 3 is 2.27 bits per heavy atom. The number of imidazole rings is 2. The molecule has 5 nitrogen and oxygen atoms in total. The minimum Gasteiger partial charge on any atom is -0.308 e. The molecule has 188 valence electrons. The van der Waals surface area contributed by atoms with E-state index in [0.717, 1.165) is 71.6 Å². The van der Waals surface area contributed by atoms with E-state index in [1.807, 2.05) is 78.9 Å². The van der Waals surface area contributed by atoms with Gasteiger partial charge in [-0.25, -0.2) is 9.97 Å². The van der Waals surface area contributed by atoms with Crippen LogP contribution in [0.2, 0.25) is 0 Å². The number of pyridine rings is 1. The Morgan fingerprint density at radius 1 is 0.625 bits per heavy atom. The molecule has 6 heteroatoms. The van der Waals surface area contributed by atoms with Crippen molar-refractivity contribution in [3.8, 4) is 17.2 Å². The van der Waals surface area contributed by atoms with Crippen LogP contribution in [0.3, 0.4) is 0 Å². The molecular formula is C34H21N4OP. The molecule has 0 N–H and O–H groups in total. The van der Waals surface area contributed by atoms with Gasteiger partial charge < -0.3 is 4.57 Å². The summed E-state index contributed by atoms with van der Waals surface area (Å²) in [6.45, 7) is 0. The maximum atomic E-state index is 15.3. The van der Waals surface area contributed by atoms with Crippen LogP contribution in [-0.4, -0.2) is 18.9 Å². The van der Waals surface area contributed by atoms with Crippen molar-refractivity contribution in [3.05, 3.63) is 127 Å². The SMILES string of the molecule is O=P1(c2ccccc2)c2ccccc2-n2c(-c3cc4ccccc4c4nc5ccccc5n34)nc3cccc1c32. The van der Waals surface area contributed by atoms with Crippen LogP contribution in [0.5, 0.6) is 0 Å². The smallest absolute Gasteiger partial charge is 0.175 e. The highest BCUT2D eigenvalue weighted by molar-refractivity contribution is 7.86. The molecule has 0 saturated heterocycles. The first-order valence-electron chi connectivity index (χ1n) is 13.3. The van der Waals surface area contributed by atoms with Crippen molar-refractivity contribution >= 4 is 61.5 Å². The van der Waals surface area contributed by atoms with Gasteiger partial charge in [-0.05, 0) is 47.9 Å². The lowest BCUT2D eigenvalue weighted by atomic mass is 10.1. The van der Waals surface area contributed by atoms with Gasteiger partial charge in [0.05, 0.1) is 33.4 Å². The van der Waals surface area contributed by atoms with Crippen molar-refractivity contribution in [1.29, 1.82) is 0 Å². The predicted octanol–water partition coefficient (Wildman–Crippen LogP) is 6.60. The van der Waals surface area contributed by atoms with Crippen LogP contribution in [-0.2, 0) is 4.57 Å². The van der Waals surface area contributed by atoms with Gasteiger partial charge in [0, 0.05) is 21.3 Å². The molecular weight excluding hydrogens is 511 g/mol. The molecule has 5 aromatic carbocycles. The topological polar surface area (TPSA) is 52.2 Å². The number of rotatable bonds is 2. The maximum absolute atomic E-state index is 15.3. The molecule has 0 fully saturated rings. The van der Waals surface area contributed by atoms with Gasteiger partial charge >= 0.3 is 0 Å². The Morgan fingerprint density at radius 2 is 1.35 bits per heavy atom. The fourth-order valence-electron chi connectivity index (χ4n) is 6.39. The number of benzene rings is 5. The van der Waals surface area contributed by atoms with E-state index in [0.29, 0.717) is 0 Å². The van der Waals surface area contributed by atoms with Gasteiger partial charge in [-0.3, -0.25) is 8.97 Å². The highest BCUT2D eigenvalue weighted by atomic mass is 31.2. The molecule has 1 aliphatic heterocycles. The van der Waals surface area contributed by atoms with Crippen molar-refractivity contribution in [1.82, 2.24) is 18.9 Å². The number of hydrogen-bond acceptors (Lipinski definition) is 3. The number of hydrogen-bond donors (Lipinski definition) is 0.